The fraction of sp³-hybridized carbons (Fsp3) is 0.500. The first kappa shape index (κ1) is 8.65. The highest BCUT2D eigenvalue weighted by Gasteiger charge is 2.53. The number of aliphatic carboxylic acids is 1. The third kappa shape index (κ3) is 1.24. The Balaban J connectivity index is 2.27. The lowest BCUT2D eigenvalue weighted by Crippen LogP contribution is -2.41. The molecule has 0 aliphatic heterocycles. The van der Waals surface area contributed by atoms with Gasteiger partial charge in [0, 0.05) is 16.5 Å². The highest BCUT2D eigenvalue weighted by atomic mass is 32.1. The number of aromatic nitrogens is 1. The third-order valence-electron chi connectivity index (χ3n) is 2.57. The molecule has 13 heavy (non-hydrogen) atoms. The second-order valence-electron chi connectivity index (χ2n) is 3.34. The van der Waals surface area contributed by atoms with E-state index in [2.05, 4.69) is 4.98 Å². The molecule has 5 heteroatoms. The maximum absolute atomic E-state index is 10.7. The molecule has 4 nitrogen and oxygen atoms in total. The normalized spacial score (nSPS) is 21.0. The van der Waals surface area contributed by atoms with Gasteiger partial charge >= 0.3 is 5.97 Å². The molecule has 2 rings (SSSR count). The molecule has 1 fully saturated rings. The van der Waals surface area contributed by atoms with Crippen LogP contribution in [0.3, 0.4) is 0 Å². The predicted molar refractivity (Wildman–Crippen MR) is 48.6 cm³/mol. The maximum atomic E-state index is 10.7. The molecule has 0 spiro atoms. The molecule has 1 aromatic heterocycles. The van der Waals surface area contributed by atoms with E-state index in [4.69, 9.17) is 10.8 Å². The van der Waals surface area contributed by atoms with Crippen molar-refractivity contribution in [2.24, 2.45) is 5.73 Å². The fourth-order valence-electron chi connectivity index (χ4n) is 1.54. The van der Waals surface area contributed by atoms with Crippen molar-refractivity contribution in [2.75, 3.05) is 0 Å². The largest absolute Gasteiger partial charge is 0.480 e. The van der Waals surface area contributed by atoms with Gasteiger partial charge in [-0.05, 0) is 12.8 Å². The lowest BCUT2D eigenvalue weighted by atomic mass is 9.96. The number of nitrogens with two attached hydrogens (primary N) is 1. The Morgan fingerprint density at radius 1 is 1.77 bits per heavy atom. The number of hydrogen-bond acceptors (Lipinski definition) is 4. The van der Waals surface area contributed by atoms with Crippen LogP contribution in [0, 0.1) is 0 Å². The predicted octanol–water partition coefficient (Wildman–Crippen LogP) is 0.587. The molecular formula is C8H10N2O2S. The molecule has 1 atom stereocenters. The average Bonchev–Trinajstić information content (AvgIpc) is 2.72. The fourth-order valence-corrected chi connectivity index (χ4v) is 2.47. The Hall–Kier alpha value is -0.940. The van der Waals surface area contributed by atoms with E-state index in [1.54, 1.807) is 11.7 Å². The van der Waals surface area contributed by atoms with Crippen LogP contribution >= 0.6 is 11.3 Å². The summed E-state index contributed by atoms with van der Waals surface area (Å²) in [5.41, 5.74) is 7.03. The molecule has 0 aromatic carbocycles. The highest BCUT2D eigenvalue weighted by Crippen LogP contribution is 2.51. The molecule has 1 unspecified atom stereocenters. The van der Waals surface area contributed by atoms with Crippen LogP contribution in [0.15, 0.2) is 11.7 Å². The summed E-state index contributed by atoms with van der Waals surface area (Å²) in [7, 11) is 0. The summed E-state index contributed by atoms with van der Waals surface area (Å²) < 4.78 is 0. The van der Waals surface area contributed by atoms with Gasteiger partial charge in [0.15, 0.2) is 0 Å². The van der Waals surface area contributed by atoms with Crippen molar-refractivity contribution < 1.29 is 9.90 Å². The van der Waals surface area contributed by atoms with E-state index in [1.165, 1.54) is 11.3 Å². The zero-order chi connectivity index (χ0) is 9.47. The molecule has 0 amide bonds. The van der Waals surface area contributed by atoms with Gasteiger partial charge in [-0.3, -0.25) is 9.78 Å². The Kier molecular flexibility index (Phi) is 1.85. The molecule has 70 valence electrons. The van der Waals surface area contributed by atoms with E-state index < -0.39 is 12.0 Å². The van der Waals surface area contributed by atoms with Crippen LogP contribution in [0.5, 0.6) is 0 Å². The molecular weight excluding hydrogens is 188 g/mol. The Bertz CT molecular complexity index is 319. The van der Waals surface area contributed by atoms with Crippen molar-refractivity contribution in [2.45, 2.75) is 24.3 Å². The second kappa shape index (κ2) is 2.78. The van der Waals surface area contributed by atoms with Gasteiger partial charge in [-0.1, -0.05) is 0 Å². The van der Waals surface area contributed by atoms with Crippen molar-refractivity contribution in [1.82, 2.24) is 4.98 Å². The molecule has 0 radical (unpaired) electrons. The molecule has 1 heterocycles. The van der Waals surface area contributed by atoms with Gasteiger partial charge in [0.05, 0.1) is 5.51 Å². The molecule has 1 aliphatic carbocycles. The molecule has 1 saturated carbocycles. The van der Waals surface area contributed by atoms with Crippen molar-refractivity contribution >= 4 is 17.3 Å². The molecule has 0 saturated heterocycles. The summed E-state index contributed by atoms with van der Waals surface area (Å²) in [6, 6.07) is -0.784. The number of carboxylic acid groups (broad SMARTS) is 1. The average molecular weight is 198 g/mol. The van der Waals surface area contributed by atoms with Gasteiger partial charge in [-0.15, -0.1) is 11.3 Å². The first-order valence-electron chi connectivity index (χ1n) is 4.04. The summed E-state index contributed by atoms with van der Waals surface area (Å²) in [5, 5.41) is 8.82. The van der Waals surface area contributed by atoms with E-state index in [9.17, 15) is 4.79 Å². The summed E-state index contributed by atoms with van der Waals surface area (Å²) in [6.45, 7) is 0. The van der Waals surface area contributed by atoms with Crippen LogP contribution < -0.4 is 5.73 Å². The lowest BCUT2D eigenvalue weighted by Gasteiger charge is -2.16. The number of nitrogens with zero attached hydrogens (tertiary/aromatic N) is 1. The molecule has 1 aliphatic rings. The zero-order valence-electron chi connectivity index (χ0n) is 6.93. The topological polar surface area (TPSA) is 76.2 Å². The maximum Gasteiger partial charge on any atom is 0.321 e. The first-order chi connectivity index (χ1) is 6.17. The van der Waals surface area contributed by atoms with Gasteiger partial charge in [0.25, 0.3) is 0 Å². The van der Waals surface area contributed by atoms with E-state index >= 15 is 0 Å². The van der Waals surface area contributed by atoms with E-state index in [0.29, 0.717) is 0 Å². The summed E-state index contributed by atoms with van der Waals surface area (Å²) >= 11 is 1.48. The molecule has 1 aromatic rings. The van der Waals surface area contributed by atoms with Crippen LogP contribution in [0.4, 0.5) is 0 Å². The van der Waals surface area contributed by atoms with Gasteiger partial charge in [-0.2, -0.15) is 0 Å². The van der Waals surface area contributed by atoms with E-state index in [-0.39, 0.29) is 5.41 Å². The van der Waals surface area contributed by atoms with Crippen LogP contribution in [-0.4, -0.2) is 22.1 Å². The van der Waals surface area contributed by atoms with Gasteiger partial charge < -0.3 is 10.8 Å². The highest BCUT2D eigenvalue weighted by molar-refractivity contribution is 7.09. The number of thiazole rings is 1. The number of carbonyl (C=O) groups is 1. The number of carboxylic acids is 1. The Morgan fingerprint density at radius 3 is 2.85 bits per heavy atom. The van der Waals surface area contributed by atoms with E-state index in [0.717, 1.165) is 17.7 Å². The first-order valence-corrected chi connectivity index (χ1v) is 4.92. The van der Waals surface area contributed by atoms with Crippen LogP contribution in [0.1, 0.15) is 17.7 Å². The van der Waals surface area contributed by atoms with Crippen molar-refractivity contribution in [3.63, 3.8) is 0 Å². The van der Waals surface area contributed by atoms with Crippen molar-refractivity contribution in [3.8, 4) is 0 Å². The van der Waals surface area contributed by atoms with Crippen LogP contribution in [0.25, 0.3) is 0 Å². The van der Waals surface area contributed by atoms with Gasteiger partial charge in [0.1, 0.15) is 6.04 Å². The van der Waals surface area contributed by atoms with Gasteiger partial charge in [-0.25, -0.2) is 0 Å². The van der Waals surface area contributed by atoms with E-state index in [1.807, 2.05) is 0 Å². The van der Waals surface area contributed by atoms with Crippen molar-refractivity contribution in [3.05, 3.63) is 16.6 Å². The standard InChI is InChI=1S/C8H10N2O2S/c9-6(7(11)12)8(1-2-8)5-3-10-4-13-5/h3-4,6H,1-2,9H2,(H,11,12). The number of rotatable bonds is 3. The van der Waals surface area contributed by atoms with Crippen molar-refractivity contribution in [1.29, 1.82) is 0 Å². The third-order valence-corrected chi connectivity index (χ3v) is 3.57. The monoisotopic (exact) mass is 198 g/mol. The quantitative estimate of drug-likeness (QED) is 0.745. The summed E-state index contributed by atoms with van der Waals surface area (Å²) in [4.78, 5) is 15.7. The van der Waals surface area contributed by atoms with Gasteiger partial charge in [0.2, 0.25) is 0 Å². The van der Waals surface area contributed by atoms with Crippen LogP contribution in [-0.2, 0) is 10.2 Å². The number of hydrogen-bond donors (Lipinski definition) is 2. The lowest BCUT2D eigenvalue weighted by molar-refractivity contribution is -0.139. The minimum Gasteiger partial charge on any atom is -0.480 e. The zero-order valence-corrected chi connectivity index (χ0v) is 7.75. The molecule has 0 bridgehead atoms. The summed E-state index contributed by atoms with van der Waals surface area (Å²) in [5.74, 6) is -0.925. The second-order valence-corrected chi connectivity index (χ2v) is 4.22. The van der Waals surface area contributed by atoms with Crippen LogP contribution in [0.2, 0.25) is 0 Å². The smallest absolute Gasteiger partial charge is 0.321 e. The molecule has 3 N–H and O–H groups in total. The summed E-state index contributed by atoms with van der Waals surface area (Å²) in [6.07, 6.45) is 3.45. The minimum atomic E-state index is -0.925. The Labute approximate surface area is 79.4 Å². The SMILES string of the molecule is NC(C(=O)O)C1(c2cncs2)CC1. The minimum absolute atomic E-state index is 0.312. The Morgan fingerprint density at radius 2 is 2.46 bits per heavy atom.